The second kappa shape index (κ2) is 11.9. The van der Waals surface area contributed by atoms with E-state index in [4.69, 9.17) is 0 Å². The molecule has 4 aliphatic carbocycles. The van der Waals surface area contributed by atoms with Crippen LogP contribution in [0.25, 0.3) is 0 Å². The Kier molecular flexibility index (Phi) is 8.98. The third-order valence-corrected chi connectivity index (χ3v) is 13.2. The molecule has 4 fully saturated rings. The van der Waals surface area contributed by atoms with E-state index in [1.165, 1.54) is 17.7 Å². The van der Waals surface area contributed by atoms with E-state index < -0.39 is 15.9 Å². The molecule has 10 atom stereocenters. The summed E-state index contributed by atoms with van der Waals surface area (Å²) >= 11 is 0. The molecule has 4 saturated carbocycles. The predicted molar refractivity (Wildman–Crippen MR) is 157 cm³/mol. The standard InChI is InChI=1S/C33H51NO6S/c1-22(9-14-31(37)34(17-18-41(38,39)40)21-23-7-5-4-6-8-23)27-12-13-28-26-11-10-24-19-25(35)15-16-32(24,2)29(26)20-30(36)33(27,28)3/h4-8,22,24-30,35-36H,9-21H2,1-3H3,(H,38,39,40)/p-1/t22-,24-,25-,26+,27-,28+,29+,30+,32+,33-/m1/s1. The highest BCUT2D eigenvalue weighted by Crippen LogP contribution is 2.68. The summed E-state index contributed by atoms with van der Waals surface area (Å²) in [6.07, 6.45) is 8.72. The maximum absolute atomic E-state index is 13.4. The Bertz CT molecular complexity index is 1180. The summed E-state index contributed by atoms with van der Waals surface area (Å²) in [4.78, 5) is 14.9. The third-order valence-electron chi connectivity index (χ3n) is 12.5. The number of amides is 1. The molecule has 230 valence electrons. The summed E-state index contributed by atoms with van der Waals surface area (Å²) in [7, 11) is -4.43. The molecule has 0 bridgehead atoms. The fourth-order valence-corrected chi connectivity index (χ4v) is 10.6. The molecular weight excluding hydrogens is 538 g/mol. The molecule has 7 nitrogen and oxygen atoms in total. The predicted octanol–water partition coefficient (Wildman–Crippen LogP) is 4.97. The first-order chi connectivity index (χ1) is 19.3. The van der Waals surface area contributed by atoms with Crippen LogP contribution in [-0.2, 0) is 21.5 Å². The van der Waals surface area contributed by atoms with Gasteiger partial charge in [0.2, 0.25) is 5.91 Å². The fourth-order valence-electron chi connectivity index (χ4n) is 10.2. The Morgan fingerprint density at radius 1 is 1.05 bits per heavy atom. The Labute approximate surface area is 246 Å². The lowest BCUT2D eigenvalue weighted by Crippen LogP contribution is -2.58. The Hall–Kier alpha value is -1.48. The Morgan fingerprint density at radius 3 is 2.49 bits per heavy atom. The van der Waals surface area contributed by atoms with Crippen molar-refractivity contribution >= 4 is 16.0 Å². The summed E-state index contributed by atoms with van der Waals surface area (Å²) in [5.41, 5.74) is 0.945. The van der Waals surface area contributed by atoms with Crippen molar-refractivity contribution in [3.63, 3.8) is 0 Å². The number of fused-ring (bicyclic) bond motifs is 5. The molecule has 0 spiro atoms. The zero-order valence-corrected chi connectivity index (χ0v) is 25.9. The van der Waals surface area contributed by atoms with Gasteiger partial charge in [-0.2, -0.15) is 0 Å². The highest BCUT2D eigenvalue weighted by atomic mass is 32.2. The van der Waals surface area contributed by atoms with E-state index in [9.17, 15) is 28.0 Å². The van der Waals surface area contributed by atoms with Gasteiger partial charge in [-0.15, -0.1) is 0 Å². The minimum absolute atomic E-state index is 0.101. The third kappa shape index (κ3) is 6.13. The van der Waals surface area contributed by atoms with Crippen molar-refractivity contribution in [1.29, 1.82) is 0 Å². The summed E-state index contributed by atoms with van der Waals surface area (Å²) in [6.45, 7) is 7.15. The quantitative estimate of drug-likeness (QED) is 0.394. The molecule has 2 N–H and O–H groups in total. The van der Waals surface area contributed by atoms with Crippen LogP contribution in [0.5, 0.6) is 0 Å². The monoisotopic (exact) mass is 588 g/mol. The van der Waals surface area contributed by atoms with E-state index in [1.807, 2.05) is 30.3 Å². The highest BCUT2D eigenvalue weighted by Gasteiger charge is 2.63. The molecule has 41 heavy (non-hydrogen) atoms. The van der Waals surface area contributed by atoms with Gasteiger partial charge < -0.3 is 19.7 Å². The Balaban J connectivity index is 1.25. The van der Waals surface area contributed by atoms with Crippen LogP contribution in [0.1, 0.15) is 90.5 Å². The second-order valence-electron chi connectivity index (χ2n) is 14.5. The van der Waals surface area contributed by atoms with Crippen LogP contribution in [0.15, 0.2) is 30.3 Å². The molecule has 1 aromatic rings. The maximum atomic E-state index is 13.4. The van der Waals surface area contributed by atoms with Crippen LogP contribution in [0.2, 0.25) is 0 Å². The average molecular weight is 589 g/mol. The van der Waals surface area contributed by atoms with Gasteiger partial charge in [0.1, 0.15) is 0 Å². The summed E-state index contributed by atoms with van der Waals surface area (Å²) in [6, 6.07) is 9.45. The molecule has 0 unspecified atom stereocenters. The minimum atomic E-state index is -4.43. The summed E-state index contributed by atoms with van der Waals surface area (Å²) in [5, 5.41) is 22.2. The van der Waals surface area contributed by atoms with Gasteiger partial charge in [0.25, 0.3) is 0 Å². The van der Waals surface area contributed by atoms with Gasteiger partial charge in [0.05, 0.1) is 28.1 Å². The van der Waals surface area contributed by atoms with Gasteiger partial charge >= 0.3 is 0 Å². The molecule has 1 amide bonds. The van der Waals surface area contributed by atoms with Crippen molar-refractivity contribution in [2.75, 3.05) is 12.3 Å². The highest BCUT2D eigenvalue weighted by molar-refractivity contribution is 7.85. The number of carbonyl (C=O) groups is 1. The first-order valence-corrected chi connectivity index (χ1v) is 17.5. The molecule has 0 heterocycles. The zero-order valence-electron chi connectivity index (χ0n) is 25.1. The van der Waals surface area contributed by atoms with Crippen LogP contribution in [-0.4, -0.2) is 58.5 Å². The summed E-state index contributed by atoms with van der Waals surface area (Å²) < 4.78 is 34.0. The van der Waals surface area contributed by atoms with E-state index >= 15 is 0 Å². The van der Waals surface area contributed by atoms with Crippen molar-refractivity contribution < 1.29 is 28.0 Å². The number of aliphatic hydroxyl groups excluding tert-OH is 2. The van der Waals surface area contributed by atoms with Crippen molar-refractivity contribution in [2.24, 2.45) is 46.3 Å². The number of aliphatic hydroxyl groups is 2. The van der Waals surface area contributed by atoms with E-state index in [1.54, 1.807) is 0 Å². The van der Waals surface area contributed by atoms with Crippen LogP contribution in [0.4, 0.5) is 0 Å². The van der Waals surface area contributed by atoms with Crippen molar-refractivity contribution in [3.8, 4) is 0 Å². The molecule has 1 aromatic carbocycles. The van der Waals surface area contributed by atoms with E-state index in [-0.39, 0.29) is 48.0 Å². The first kappa shape index (κ1) is 31.0. The van der Waals surface area contributed by atoms with E-state index in [0.717, 1.165) is 44.1 Å². The molecule has 0 radical (unpaired) electrons. The van der Waals surface area contributed by atoms with E-state index in [2.05, 4.69) is 20.8 Å². The molecule has 8 heteroatoms. The van der Waals surface area contributed by atoms with Gasteiger partial charge in [0.15, 0.2) is 0 Å². The lowest BCUT2D eigenvalue weighted by atomic mass is 9.43. The topological polar surface area (TPSA) is 118 Å². The van der Waals surface area contributed by atoms with Crippen LogP contribution in [0.3, 0.4) is 0 Å². The zero-order chi connectivity index (χ0) is 29.6. The van der Waals surface area contributed by atoms with Crippen molar-refractivity contribution in [3.05, 3.63) is 35.9 Å². The number of rotatable bonds is 9. The number of hydrogen-bond acceptors (Lipinski definition) is 6. The number of hydrogen-bond donors (Lipinski definition) is 2. The van der Waals surface area contributed by atoms with Crippen LogP contribution >= 0.6 is 0 Å². The molecule has 0 saturated heterocycles. The molecular formula is C33H50NO6S-. The SMILES string of the molecule is C[C@H](CCC(=O)N(CCS(=O)(=O)[O-])Cc1ccccc1)[C@H]1CC[C@H]2[C@@H]3CC[C@@H]4C[C@H](O)CC[C@]4(C)[C@H]3C[C@H](O)[C@]12C. The van der Waals surface area contributed by atoms with Crippen LogP contribution in [0, 0.1) is 46.3 Å². The number of carbonyl (C=O) groups excluding carboxylic acids is 1. The fraction of sp³-hybridized carbons (Fsp3) is 0.788. The van der Waals surface area contributed by atoms with Crippen LogP contribution < -0.4 is 0 Å². The largest absolute Gasteiger partial charge is 0.748 e. The second-order valence-corrected chi connectivity index (χ2v) is 16.0. The van der Waals surface area contributed by atoms with Crippen molar-refractivity contribution in [1.82, 2.24) is 4.90 Å². The van der Waals surface area contributed by atoms with Gasteiger partial charge in [-0.25, -0.2) is 8.42 Å². The summed E-state index contributed by atoms with van der Waals surface area (Å²) in [5.74, 6) is 2.05. The van der Waals surface area contributed by atoms with Crippen molar-refractivity contribution in [2.45, 2.75) is 104 Å². The Morgan fingerprint density at radius 2 is 1.78 bits per heavy atom. The molecule has 0 aliphatic heterocycles. The maximum Gasteiger partial charge on any atom is 0.222 e. The van der Waals surface area contributed by atoms with Gasteiger partial charge in [-0.1, -0.05) is 51.1 Å². The van der Waals surface area contributed by atoms with Gasteiger partial charge in [-0.05, 0) is 110 Å². The molecule has 4 aliphatic rings. The average Bonchev–Trinajstić information content (AvgIpc) is 3.29. The van der Waals surface area contributed by atoms with Gasteiger partial charge in [-0.3, -0.25) is 4.79 Å². The lowest BCUT2D eigenvalue weighted by Gasteiger charge is -2.62. The van der Waals surface area contributed by atoms with Gasteiger partial charge in [0, 0.05) is 19.5 Å². The normalized spacial score (nSPS) is 39.3. The lowest BCUT2D eigenvalue weighted by molar-refractivity contribution is -0.175. The number of nitrogens with zero attached hydrogens (tertiary/aromatic N) is 1. The number of benzene rings is 1. The molecule has 5 rings (SSSR count). The minimum Gasteiger partial charge on any atom is -0.748 e. The van der Waals surface area contributed by atoms with E-state index in [0.29, 0.717) is 42.4 Å². The molecule has 0 aromatic heterocycles. The first-order valence-electron chi connectivity index (χ1n) is 15.9. The smallest absolute Gasteiger partial charge is 0.222 e.